The molecule has 0 heterocycles. The van der Waals surface area contributed by atoms with Gasteiger partial charge in [0, 0.05) is 12.0 Å². The van der Waals surface area contributed by atoms with Crippen molar-refractivity contribution in [1.82, 2.24) is 0 Å². The average Bonchev–Trinajstić information content (AvgIpc) is 3.13. The summed E-state index contributed by atoms with van der Waals surface area (Å²) in [5.41, 5.74) is -1.13. The monoisotopic (exact) mass is 236 g/mol. The molecular formula is C13H16O4. The van der Waals surface area contributed by atoms with Crippen molar-refractivity contribution in [3.63, 3.8) is 0 Å². The number of rotatable bonds is 5. The van der Waals surface area contributed by atoms with E-state index in [0.29, 0.717) is 11.5 Å². The Kier molecular flexibility index (Phi) is 2.96. The Hall–Kier alpha value is -1.71. The summed E-state index contributed by atoms with van der Waals surface area (Å²) in [6, 6.07) is 7.01. The van der Waals surface area contributed by atoms with Gasteiger partial charge in [-0.1, -0.05) is 6.07 Å². The lowest BCUT2D eigenvalue weighted by Gasteiger charge is -2.26. The van der Waals surface area contributed by atoms with Crippen LogP contribution < -0.4 is 9.47 Å². The predicted molar refractivity (Wildman–Crippen MR) is 62.4 cm³/mol. The van der Waals surface area contributed by atoms with E-state index in [1.807, 2.05) is 0 Å². The smallest absolute Gasteiger partial charge is 0.348 e. The number of carboxylic acids is 1. The van der Waals surface area contributed by atoms with E-state index in [1.54, 1.807) is 38.3 Å². The Balaban J connectivity index is 2.20. The van der Waals surface area contributed by atoms with Gasteiger partial charge in [0.2, 0.25) is 5.60 Å². The number of aliphatic carboxylic acids is 1. The molecule has 0 aliphatic heterocycles. The highest BCUT2D eigenvalue weighted by Gasteiger charge is 2.50. The maximum atomic E-state index is 11.3. The molecule has 1 atom stereocenters. The van der Waals surface area contributed by atoms with Crippen LogP contribution >= 0.6 is 0 Å². The third kappa shape index (κ3) is 2.35. The maximum absolute atomic E-state index is 11.3. The molecule has 1 unspecified atom stereocenters. The molecule has 0 amide bonds. The summed E-state index contributed by atoms with van der Waals surface area (Å²) in [7, 11) is 1.57. The summed E-state index contributed by atoms with van der Waals surface area (Å²) in [6.45, 7) is 1.63. The van der Waals surface area contributed by atoms with E-state index in [-0.39, 0.29) is 5.92 Å². The SMILES string of the molecule is COc1cccc(OC(C)(C(=O)O)C2CC2)c1. The van der Waals surface area contributed by atoms with Crippen molar-refractivity contribution in [3.8, 4) is 11.5 Å². The normalized spacial score (nSPS) is 18.2. The number of carbonyl (C=O) groups is 1. The number of hydrogen-bond acceptors (Lipinski definition) is 3. The van der Waals surface area contributed by atoms with Crippen molar-refractivity contribution < 1.29 is 19.4 Å². The van der Waals surface area contributed by atoms with Gasteiger partial charge in [-0.05, 0) is 31.9 Å². The number of carboxylic acid groups (broad SMARTS) is 1. The highest BCUT2D eigenvalue weighted by Crippen LogP contribution is 2.42. The highest BCUT2D eigenvalue weighted by molar-refractivity contribution is 5.78. The molecule has 0 radical (unpaired) electrons. The molecule has 1 N–H and O–H groups in total. The van der Waals surface area contributed by atoms with Crippen LogP contribution in [0.3, 0.4) is 0 Å². The Morgan fingerprint density at radius 2 is 2.06 bits per heavy atom. The third-order valence-corrected chi connectivity index (χ3v) is 3.15. The van der Waals surface area contributed by atoms with Crippen LogP contribution in [-0.4, -0.2) is 23.8 Å². The molecule has 92 valence electrons. The lowest BCUT2D eigenvalue weighted by Crippen LogP contribution is -2.43. The van der Waals surface area contributed by atoms with Crippen molar-refractivity contribution >= 4 is 5.97 Å². The van der Waals surface area contributed by atoms with E-state index in [1.165, 1.54) is 0 Å². The molecule has 1 saturated carbocycles. The maximum Gasteiger partial charge on any atom is 0.348 e. The van der Waals surface area contributed by atoms with Gasteiger partial charge in [-0.15, -0.1) is 0 Å². The van der Waals surface area contributed by atoms with Crippen molar-refractivity contribution in [3.05, 3.63) is 24.3 Å². The van der Waals surface area contributed by atoms with E-state index in [9.17, 15) is 9.90 Å². The van der Waals surface area contributed by atoms with Crippen LogP contribution in [0.1, 0.15) is 19.8 Å². The third-order valence-electron chi connectivity index (χ3n) is 3.15. The molecule has 1 aromatic carbocycles. The molecule has 1 fully saturated rings. The van der Waals surface area contributed by atoms with E-state index < -0.39 is 11.6 Å². The predicted octanol–water partition coefficient (Wildman–Crippen LogP) is 2.33. The lowest BCUT2D eigenvalue weighted by molar-refractivity contribution is -0.155. The first kappa shape index (κ1) is 11.8. The summed E-state index contributed by atoms with van der Waals surface area (Å²) in [4.78, 5) is 11.3. The van der Waals surface area contributed by atoms with Crippen molar-refractivity contribution in [2.75, 3.05) is 7.11 Å². The first-order valence-electron chi connectivity index (χ1n) is 5.62. The van der Waals surface area contributed by atoms with Crippen molar-refractivity contribution in [2.24, 2.45) is 5.92 Å². The summed E-state index contributed by atoms with van der Waals surface area (Å²) in [6.07, 6.45) is 1.82. The van der Waals surface area contributed by atoms with E-state index in [2.05, 4.69) is 0 Å². The van der Waals surface area contributed by atoms with Gasteiger partial charge in [0.1, 0.15) is 11.5 Å². The van der Waals surface area contributed by atoms with Crippen LogP contribution in [-0.2, 0) is 4.79 Å². The number of ether oxygens (including phenoxy) is 2. The summed E-state index contributed by atoms with van der Waals surface area (Å²) in [5.74, 6) is 0.376. The van der Waals surface area contributed by atoms with Crippen LogP contribution in [0.2, 0.25) is 0 Å². The molecule has 2 rings (SSSR count). The van der Waals surface area contributed by atoms with Crippen LogP contribution in [0, 0.1) is 5.92 Å². The Labute approximate surface area is 100 Å². The van der Waals surface area contributed by atoms with E-state index in [4.69, 9.17) is 9.47 Å². The Morgan fingerprint density at radius 1 is 1.41 bits per heavy atom. The highest BCUT2D eigenvalue weighted by atomic mass is 16.5. The van der Waals surface area contributed by atoms with Gasteiger partial charge in [-0.3, -0.25) is 0 Å². The summed E-state index contributed by atoms with van der Waals surface area (Å²) < 4.78 is 10.7. The van der Waals surface area contributed by atoms with Gasteiger partial charge in [-0.25, -0.2) is 4.79 Å². The molecule has 17 heavy (non-hydrogen) atoms. The van der Waals surface area contributed by atoms with Gasteiger partial charge in [0.15, 0.2) is 0 Å². The van der Waals surface area contributed by atoms with Gasteiger partial charge < -0.3 is 14.6 Å². The van der Waals surface area contributed by atoms with E-state index >= 15 is 0 Å². The van der Waals surface area contributed by atoms with Gasteiger partial charge >= 0.3 is 5.97 Å². The Morgan fingerprint density at radius 3 is 2.59 bits per heavy atom. The van der Waals surface area contributed by atoms with Gasteiger partial charge in [0.25, 0.3) is 0 Å². The second-order valence-corrected chi connectivity index (χ2v) is 4.47. The number of hydrogen-bond donors (Lipinski definition) is 1. The minimum Gasteiger partial charge on any atom is -0.497 e. The van der Waals surface area contributed by atoms with Crippen LogP contribution in [0.4, 0.5) is 0 Å². The molecule has 0 bridgehead atoms. The van der Waals surface area contributed by atoms with Crippen LogP contribution in [0.25, 0.3) is 0 Å². The Bertz CT molecular complexity index is 425. The van der Waals surface area contributed by atoms with Gasteiger partial charge in [-0.2, -0.15) is 0 Å². The number of methoxy groups -OCH3 is 1. The zero-order valence-electron chi connectivity index (χ0n) is 9.97. The topological polar surface area (TPSA) is 55.8 Å². The molecule has 0 spiro atoms. The molecule has 1 aliphatic carbocycles. The molecule has 1 aliphatic rings. The fraction of sp³-hybridized carbons (Fsp3) is 0.462. The standard InChI is InChI=1S/C13H16O4/c1-13(12(14)15,9-6-7-9)17-11-5-3-4-10(8-11)16-2/h3-5,8-9H,6-7H2,1-2H3,(H,14,15). The quantitative estimate of drug-likeness (QED) is 0.852. The first-order valence-corrected chi connectivity index (χ1v) is 5.62. The second-order valence-electron chi connectivity index (χ2n) is 4.47. The first-order chi connectivity index (χ1) is 8.06. The zero-order chi connectivity index (χ0) is 12.5. The minimum atomic E-state index is -1.13. The molecule has 4 heteroatoms. The minimum absolute atomic E-state index is 0.103. The fourth-order valence-corrected chi connectivity index (χ4v) is 1.85. The summed E-state index contributed by atoms with van der Waals surface area (Å²) >= 11 is 0. The van der Waals surface area contributed by atoms with E-state index in [0.717, 1.165) is 12.8 Å². The lowest BCUT2D eigenvalue weighted by atomic mass is 10.0. The molecule has 0 saturated heterocycles. The second kappa shape index (κ2) is 4.28. The largest absolute Gasteiger partial charge is 0.497 e. The number of benzene rings is 1. The zero-order valence-corrected chi connectivity index (χ0v) is 9.97. The molecule has 0 aromatic heterocycles. The molecule has 1 aromatic rings. The fourth-order valence-electron chi connectivity index (χ4n) is 1.85. The van der Waals surface area contributed by atoms with Crippen LogP contribution in [0.15, 0.2) is 24.3 Å². The summed E-state index contributed by atoms with van der Waals surface area (Å²) in [5, 5.41) is 9.27. The van der Waals surface area contributed by atoms with Crippen LogP contribution in [0.5, 0.6) is 11.5 Å². The molecular weight excluding hydrogens is 220 g/mol. The van der Waals surface area contributed by atoms with Crippen molar-refractivity contribution in [2.45, 2.75) is 25.4 Å². The average molecular weight is 236 g/mol. The molecule has 4 nitrogen and oxygen atoms in total. The van der Waals surface area contributed by atoms with Crippen molar-refractivity contribution in [1.29, 1.82) is 0 Å². The van der Waals surface area contributed by atoms with Gasteiger partial charge in [0.05, 0.1) is 7.11 Å².